The Morgan fingerprint density at radius 2 is 1.25 bits per heavy atom. The number of rotatable bonds is 7. The second kappa shape index (κ2) is 9.18. The first-order valence-electron chi connectivity index (χ1n) is 10.1. The minimum atomic E-state index is 0.592. The second-order valence-corrected chi connectivity index (χ2v) is 8.03. The molecule has 0 amide bonds. The van der Waals surface area contributed by atoms with Gasteiger partial charge in [-0.3, -0.25) is 4.90 Å². The third-order valence-corrected chi connectivity index (χ3v) is 5.38. The number of benzene rings is 3. The van der Waals surface area contributed by atoms with Gasteiger partial charge in [-0.05, 0) is 61.1 Å². The molecule has 3 aromatic carbocycles. The van der Waals surface area contributed by atoms with Gasteiger partial charge < -0.3 is 5.73 Å². The van der Waals surface area contributed by atoms with Crippen LogP contribution < -0.4 is 5.73 Å². The van der Waals surface area contributed by atoms with Gasteiger partial charge in [-0.2, -0.15) is 0 Å². The molecular formula is C26H32N2. The van der Waals surface area contributed by atoms with Crippen molar-refractivity contribution in [3.05, 3.63) is 105 Å². The topological polar surface area (TPSA) is 29.3 Å². The summed E-state index contributed by atoms with van der Waals surface area (Å²) in [6, 6.07) is 22.1. The van der Waals surface area contributed by atoms with E-state index in [1.165, 1.54) is 44.5 Å². The molecule has 0 fully saturated rings. The third-order valence-electron chi connectivity index (χ3n) is 5.38. The maximum absolute atomic E-state index is 5.75. The van der Waals surface area contributed by atoms with E-state index in [9.17, 15) is 0 Å². The molecule has 2 heteroatoms. The van der Waals surface area contributed by atoms with Crippen molar-refractivity contribution in [1.29, 1.82) is 0 Å². The van der Waals surface area contributed by atoms with Gasteiger partial charge in [0.05, 0.1) is 0 Å². The van der Waals surface area contributed by atoms with Gasteiger partial charge in [0.15, 0.2) is 0 Å². The molecule has 0 bridgehead atoms. The number of aryl methyl sites for hydroxylation is 4. The lowest BCUT2D eigenvalue weighted by Crippen LogP contribution is -2.23. The van der Waals surface area contributed by atoms with Crippen LogP contribution in [-0.4, -0.2) is 4.90 Å². The molecule has 28 heavy (non-hydrogen) atoms. The van der Waals surface area contributed by atoms with Crippen molar-refractivity contribution in [1.82, 2.24) is 4.90 Å². The van der Waals surface area contributed by atoms with Crippen LogP contribution in [0.3, 0.4) is 0 Å². The molecular weight excluding hydrogens is 340 g/mol. The highest BCUT2D eigenvalue weighted by Gasteiger charge is 2.12. The van der Waals surface area contributed by atoms with E-state index in [-0.39, 0.29) is 0 Å². The molecule has 3 rings (SSSR count). The first-order valence-corrected chi connectivity index (χ1v) is 10.1. The van der Waals surface area contributed by atoms with E-state index in [1.54, 1.807) is 0 Å². The fourth-order valence-electron chi connectivity index (χ4n) is 3.96. The molecule has 0 aromatic heterocycles. The van der Waals surface area contributed by atoms with Gasteiger partial charge >= 0.3 is 0 Å². The van der Waals surface area contributed by atoms with E-state index in [0.717, 1.165) is 19.6 Å². The maximum Gasteiger partial charge on any atom is 0.0246 e. The zero-order valence-electron chi connectivity index (χ0n) is 17.6. The molecule has 146 valence electrons. The van der Waals surface area contributed by atoms with Crippen LogP contribution in [0.15, 0.2) is 60.7 Å². The van der Waals surface area contributed by atoms with Gasteiger partial charge in [0.1, 0.15) is 0 Å². The van der Waals surface area contributed by atoms with E-state index >= 15 is 0 Å². The summed E-state index contributed by atoms with van der Waals surface area (Å²) in [4.78, 5) is 2.54. The van der Waals surface area contributed by atoms with Crippen LogP contribution in [0.1, 0.15) is 44.5 Å². The summed E-state index contributed by atoms with van der Waals surface area (Å²) >= 11 is 0. The lowest BCUT2D eigenvalue weighted by Gasteiger charge is -2.25. The maximum atomic E-state index is 5.75. The molecule has 3 aromatic rings. The average Bonchev–Trinajstić information content (AvgIpc) is 2.65. The van der Waals surface area contributed by atoms with Crippen molar-refractivity contribution in [2.45, 2.75) is 53.9 Å². The highest BCUT2D eigenvalue weighted by molar-refractivity contribution is 5.37. The molecule has 0 aliphatic carbocycles. The number of nitrogens with two attached hydrogens (primary N) is 1. The predicted molar refractivity (Wildman–Crippen MR) is 119 cm³/mol. The molecule has 0 saturated heterocycles. The molecule has 0 saturated carbocycles. The van der Waals surface area contributed by atoms with Gasteiger partial charge in [-0.25, -0.2) is 0 Å². The van der Waals surface area contributed by atoms with Crippen LogP contribution >= 0.6 is 0 Å². The molecule has 0 spiro atoms. The largest absolute Gasteiger partial charge is 0.326 e. The summed E-state index contributed by atoms with van der Waals surface area (Å²) in [7, 11) is 0. The summed E-state index contributed by atoms with van der Waals surface area (Å²) in [5.74, 6) is 0. The zero-order chi connectivity index (χ0) is 20.1. The molecule has 2 nitrogen and oxygen atoms in total. The lowest BCUT2D eigenvalue weighted by atomic mass is 9.99. The van der Waals surface area contributed by atoms with E-state index in [4.69, 9.17) is 5.73 Å². The summed E-state index contributed by atoms with van der Waals surface area (Å²) < 4.78 is 0. The van der Waals surface area contributed by atoms with Crippen molar-refractivity contribution in [3.8, 4) is 0 Å². The average molecular weight is 373 g/mol. The van der Waals surface area contributed by atoms with E-state index in [1.807, 2.05) is 0 Å². The SMILES string of the molecule is Cc1cccc(CN(Cc2ccc(CN)cc2)Cc2c(C)cc(C)cc2C)c1. The standard InChI is InChI=1S/C26H32N2/c1-19-6-5-7-25(14-19)17-28(16-24-10-8-23(15-27)9-11-24)18-26-21(3)12-20(2)13-22(26)4/h5-14H,15-18,27H2,1-4H3. The zero-order valence-corrected chi connectivity index (χ0v) is 17.6. The Labute approximate surface area is 170 Å². The number of nitrogens with zero attached hydrogens (tertiary/aromatic N) is 1. The minimum absolute atomic E-state index is 0.592. The van der Waals surface area contributed by atoms with E-state index in [0.29, 0.717) is 6.54 Å². The Hall–Kier alpha value is -2.42. The van der Waals surface area contributed by atoms with E-state index < -0.39 is 0 Å². The number of hydrogen-bond acceptors (Lipinski definition) is 2. The molecule has 0 aliphatic rings. The Bertz CT molecular complexity index is 902. The fraction of sp³-hybridized carbons (Fsp3) is 0.308. The van der Waals surface area contributed by atoms with Gasteiger partial charge in [0.25, 0.3) is 0 Å². The van der Waals surface area contributed by atoms with Crippen LogP contribution in [0.2, 0.25) is 0 Å². The van der Waals surface area contributed by atoms with Gasteiger partial charge in [0, 0.05) is 26.2 Å². The number of hydrogen-bond donors (Lipinski definition) is 1. The van der Waals surface area contributed by atoms with E-state index in [2.05, 4.69) is 93.3 Å². The fourth-order valence-corrected chi connectivity index (χ4v) is 3.96. The first kappa shape index (κ1) is 20.3. The normalized spacial score (nSPS) is 11.2. The van der Waals surface area contributed by atoms with Crippen LogP contribution in [0.5, 0.6) is 0 Å². The Kier molecular flexibility index (Phi) is 6.66. The van der Waals surface area contributed by atoms with Crippen LogP contribution in [-0.2, 0) is 26.2 Å². The van der Waals surface area contributed by atoms with Crippen molar-refractivity contribution < 1.29 is 0 Å². The lowest BCUT2D eigenvalue weighted by molar-refractivity contribution is 0.246. The smallest absolute Gasteiger partial charge is 0.0246 e. The summed E-state index contributed by atoms with van der Waals surface area (Å²) in [5.41, 5.74) is 16.5. The molecule has 0 unspecified atom stereocenters. The van der Waals surface area contributed by atoms with Crippen molar-refractivity contribution >= 4 is 0 Å². The highest BCUT2D eigenvalue weighted by Crippen LogP contribution is 2.21. The minimum Gasteiger partial charge on any atom is -0.326 e. The molecule has 0 radical (unpaired) electrons. The van der Waals surface area contributed by atoms with Crippen molar-refractivity contribution in [2.24, 2.45) is 5.73 Å². The van der Waals surface area contributed by atoms with Gasteiger partial charge in [-0.1, -0.05) is 71.8 Å². The second-order valence-electron chi connectivity index (χ2n) is 8.03. The van der Waals surface area contributed by atoms with Gasteiger partial charge in [-0.15, -0.1) is 0 Å². The van der Waals surface area contributed by atoms with Crippen LogP contribution in [0, 0.1) is 27.7 Å². The Morgan fingerprint density at radius 3 is 1.86 bits per heavy atom. The predicted octanol–water partition coefficient (Wildman–Crippen LogP) is 5.58. The highest BCUT2D eigenvalue weighted by atomic mass is 15.1. The molecule has 0 heterocycles. The van der Waals surface area contributed by atoms with Crippen LogP contribution in [0.25, 0.3) is 0 Å². The summed E-state index contributed by atoms with van der Waals surface area (Å²) in [5, 5.41) is 0. The molecule has 2 N–H and O–H groups in total. The molecule has 0 aliphatic heterocycles. The monoisotopic (exact) mass is 372 g/mol. The summed E-state index contributed by atoms with van der Waals surface area (Å²) in [6.07, 6.45) is 0. The third kappa shape index (κ3) is 5.31. The molecule has 0 atom stereocenters. The van der Waals surface area contributed by atoms with Crippen molar-refractivity contribution in [3.63, 3.8) is 0 Å². The summed E-state index contributed by atoms with van der Waals surface area (Å²) in [6.45, 7) is 12.2. The first-order chi connectivity index (χ1) is 13.4. The Morgan fingerprint density at radius 1 is 0.643 bits per heavy atom. The van der Waals surface area contributed by atoms with Crippen molar-refractivity contribution in [2.75, 3.05) is 0 Å². The van der Waals surface area contributed by atoms with Crippen LogP contribution in [0.4, 0.5) is 0 Å². The van der Waals surface area contributed by atoms with Gasteiger partial charge in [0.2, 0.25) is 0 Å². The quantitative estimate of drug-likeness (QED) is 0.586. The Balaban J connectivity index is 1.87.